The van der Waals surface area contributed by atoms with Crippen LogP contribution in [-0.2, 0) is 0 Å². The number of nitro groups is 1. The highest BCUT2D eigenvalue weighted by atomic mass is 16.6. The summed E-state index contributed by atoms with van der Waals surface area (Å²) in [6.07, 6.45) is 2.90. The Morgan fingerprint density at radius 2 is 1.92 bits per heavy atom. The molecule has 1 aromatic carbocycles. The molecule has 1 amide bonds. The van der Waals surface area contributed by atoms with Crippen LogP contribution in [0.4, 0.5) is 5.69 Å². The minimum atomic E-state index is -0.587. The van der Waals surface area contributed by atoms with Gasteiger partial charge in [-0.15, -0.1) is 0 Å². The number of rotatable bonds is 10. The van der Waals surface area contributed by atoms with Crippen molar-refractivity contribution in [1.82, 2.24) is 5.32 Å². The smallest absolute Gasteiger partial charge is 0.286 e. The number of carbonyl (C=O) groups is 1. The second kappa shape index (κ2) is 9.86. The normalized spacial score (nSPS) is 11.9. The lowest BCUT2D eigenvalue weighted by atomic mass is 10.0. The van der Waals surface area contributed by atoms with Crippen LogP contribution in [0.2, 0.25) is 0 Å². The Morgan fingerprint density at radius 1 is 1.24 bits per heavy atom. The predicted octanol–water partition coefficient (Wildman–Crippen LogP) is 3.95. The van der Waals surface area contributed by atoms with E-state index in [2.05, 4.69) is 19.2 Å². The maximum Gasteiger partial charge on any atom is 0.286 e. The van der Waals surface area contributed by atoms with Crippen molar-refractivity contribution in [3.63, 3.8) is 0 Å². The number of carbonyl (C=O) groups excluding carboxylic acids is 1. The fraction of sp³-hybridized carbons (Fsp3) is 0.611. The molecule has 0 aliphatic heterocycles. The van der Waals surface area contributed by atoms with Crippen molar-refractivity contribution in [2.75, 3.05) is 13.7 Å². The largest absolute Gasteiger partial charge is 0.493 e. The lowest BCUT2D eigenvalue weighted by molar-refractivity contribution is -0.385. The quantitative estimate of drug-likeness (QED) is 0.508. The summed E-state index contributed by atoms with van der Waals surface area (Å²) in [4.78, 5) is 23.3. The first-order valence-electron chi connectivity index (χ1n) is 8.60. The summed E-state index contributed by atoms with van der Waals surface area (Å²) in [6, 6.07) is 2.53. The third-order valence-corrected chi connectivity index (χ3v) is 3.82. The SMILES string of the molecule is CCOc1cc(C(=O)N[C@H](C)CCCC(C)C)c([N+](=O)[O-])cc1OC. The second-order valence-electron chi connectivity index (χ2n) is 6.41. The molecule has 0 aliphatic carbocycles. The number of nitrogens with one attached hydrogen (secondary N) is 1. The third kappa shape index (κ3) is 6.25. The molecule has 25 heavy (non-hydrogen) atoms. The van der Waals surface area contributed by atoms with E-state index in [1.165, 1.54) is 19.2 Å². The summed E-state index contributed by atoms with van der Waals surface area (Å²) in [6.45, 7) is 8.35. The summed E-state index contributed by atoms with van der Waals surface area (Å²) < 4.78 is 10.5. The number of nitrogens with zero attached hydrogens (tertiary/aromatic N) is 1. The number of nitro benzene ring substituents is 1. The number of benzene rings is 1. The Labute approximate surface area is 148 Å². The van der Waals surface area contributed by atoms with Gasteiger partial charge in [-0.05, 0) is 26.2 Å². The molecule has 1 aromatic rings. The molecule has 0 aromatic heterocycles. The lowest BCUT2D eigenvalue weighted by Crippen LogP contribution is -2.33. The minimum Gasteiger partial charge on any atom is -0.493 e. The molecule has 0 heterocycles. The molecule has 0 saturated heterocycles. The van der Waals surface area contributed by atoms with Crippen molar-refractivity contribution in [2.45, 2.75) is 53.0 Å². The van der Waals surface area contributed by atoms with Crippen LogP contribution >= 0.6 is 0 Å². The molecule has 7 heteroatoms. The number of ether oxygens (including phenoxy) is 2. The van der Waals surface area contributed by atoms with Crippen LogP contribution in [-0.4, -0.2) is 30.6 Å². The highest BCUT2D eigenvalue weighted by molar-refractivity contribution is 5.99. The van der Waals surface area contributed by atoms with Gasteiger partial charge in [0.2, 0.25) is 0 Å². The maximum absolute atomic E-state index is 12.5. The van der Waals surface area contributed by atoms with Gasteiger partial charge in [-0.2, -0.15) is 0 Å². The third-order valence-electron chi connectivity index (χ3n) is 3.82. The first-order chi connectivity index (χ1) is 11.8. The van der Waals surface area contributed by atoms with Crippen molar-refractivity contribution in [2.24, 2.45) is 5.92 Å². The highest BCUT2D eigenvalue weighted by Gasteiger charge is 2.25. The van der Waals surface area contributed by atoms with Gasteiger partial charge in [0.25, 0.3) is 11.6 Å². The van der Waals surface area contributed by atoms with E-state index in [-0.39, 0.29) is 23.0 Å². The molecule has 0 unspecified atom stereocenters. The second-order valence-corrected chi connectivity index (χ2v) is 6.41. The number of amides is 1. The van der Waals surface area contributed by atoms with Crippen molar-refractivity contribution >= 4 is 11.6 Å². The molecule has 7 nitrogen and oxygen atoms in total. The fourth-order valence-electron chi connectivity index (χ4n) is 2.52. The Balaban J connectivity index is 2.98. The van der Waals surface area contributed by atoms with Gasteiger partial charge in [-0.1, -0.05) is 26.7 Å². The zero-order chi connectivity index (χ0) is 19.0. The molecule has 0 saturated carbocycles. The van der Waals surface area contributed by atoms with Crippen LogP contribution in [0.3, 0.4) is 0 Å². The van der Waals surface area contributed by atoms with Gasteiger partial charge in [0.15, 0.2) is 11.5 Å². The number of hydrogen-bond donors (Lipinski definition) is 1. The monoisotopic (exact) mass is 352 g/mol. The molecule has 1 rings (SSSR count). The Kier molecular flexibility index (Phi) is 8.18. The van der Waals surface area contributed by atoms with Gasteiger partial charge < -0.3 is 14.8 Å². The Morgan fingerprint density at radius 3 is 2.44 bits per heavy atom. The van der Waals surface area contributed by atoms with E-state index >= 15 is 0 Å². The molecule has 0 bridgehead atoms. The van der Waals surface area contributed by atoms with E-state index in [0.717, 1.165) is 19.3 Å². The summed E-state index contributed by atoms with van der Waals surface area (Å²) >= 11 is 0. The van der Waals surface area contributed by atoms with E-state index in [0.29, 0.717) is 18.3 Å². The van der Waals surface area contributed by atoms with Crippen molar-refractivity contribution in [3.05, 3.63) is 27.8 Å². The van der Waals surface area contributed by atoms with Gasteiger partial charge in [0.05, 0.1) is 24.7 Å². The van der Waals surface area contributed by atoms with E-state index in [1.807, 2.05) is 6.92 Å². The first kappa shape index (κ1) is 20.7. The molecular formula is C18H28N2O5. The molecule has 0 fully saturated rings. The van der Waals surface area contributed by atoms with E-state index < -0.39 is 10.8 Å². The summed E-state index contributed by atoms with van der Waals surface area (Å²) in [5, 5.41) is 14.2. The van der Waals surface area contributed by atoms with Gasteiger partial charge in [-0.25, -0.2) is 0 Å². The summed E-state index contributed by atoms with van der Waals surface area (Å²) in [5.41, 5.74) is -0.322. The predicted molar refractivity (Wildman–Crippen MR) is 96.4 cm³/mol. The van der Waals surface area contributed by atoms with Crippen LogP contribution < -0.4 is 14.8 Å². The highest BCUT2D eigenvalue weighted by Crippen LogP contribution is 2.34. The molecule has 0 aliphatic rings. The van der Waals surface area contributed by atoms with Crippen LogP contribution in [0, 0.1) is 16.0 Å². The van der Waals surface area contributed by atoms with Crippen LogP contribution in [0.5, 0.6) is 11.5 Å². The topological polar surface area (TPSA) is 90.7 Å². The average Bonchev–Trinajstić information content (AvgIpc) is 2.54. The van der Waals surface area contributed by atoms with Crippen molar-refractivity contribution in [3.8, 4) is 11.5 Å². The molecule has 140 valence electrons. The van der Waals surface area contributed by atoms with Crippen LogP contribution in [0.15, 0.2) is 12.1 Å². The summed E-state index contributed by atoms with van der Waals surface area (Å²) in [7, 11) is 1.40. The van der Waals surface area contributed by atoms with Crippen LogP contribution in [0.25, 0.3) is 0 Å². The van der Waals surface area contributed by atoms with E-state index in [9.17, 15) is 14.9 Å². The van der Waals surface area contributed by atoms with Crippen molar-refractivity contribution in [1.29, 1.82) is 0 Å². The van der Waals surface area contributed by atoms with Gasteiger partial charge in [0, 0.05) is 12.1 Å². The standard InChI is InChI=1S/C18H28N2O5/c1-6-25-17-10-14(15(20(22)23)11-16(17)24-5)18(21)19-13(4)9-7-8-12(2)3/h10-13H,6-9H2,1-5H3,(H,19,21)/t13-/m1/s1. The lowest BCUT2D eigenvalue weighted by Gasteiger charge is -2.16. The van der Waals surface area contributed by atoms with Gasteiger partial charge >= 0.3 is 0 Å². The average molecular weight is 352 g/mol. The fourth-order valence-corrected chi connectivity index (χ4v) is 2.52. The molecule has 1 atom stereocenters. The molecule has 0 spiro atoms. The molecular weight excluding hydrogens is 324 g/mol. The zero-order valence-electron chi connectivity index (χ0n) is 15.6. The number of hydrogen-bond acceptors (Lipinski definition) is 5. The maximum atomic E-state index is 12.5. The van der Waals surface area contributed by atoms with E-state index in [1.54, 1.807) is 6.92 Å². The minimum absolute atomic E-state index is 0.0232. The molecule has 0 radical (unpaired) electrons. The summed E-state index contributed by atoms with van der Waals surface area (Å²) in [5.74, 6) is 0.676. The van der Waals surface area contributed by atoms with Gasteiger partial charge in [0.1, 0.15) is 5.56 Å². The zero-order valence-corrected chi connectivity index (χ0v) is 15.6. The first-order valence-corrected chi connectivity index (χ1v) is 8.60. The van der Waals surface area contributed by atoms with Gasteiger partial charge in [-0.3, -0.25) is 14.9 Å². The van der Waals surface area contributed by atoms with Crippen LogP contribution in [0.1, 0.15) is 57.3 Å². The number of methoxy groups -OCH3 is 1. The molecule has 1 N–H and O–H groups in total. The van der Waals surface area contributed by atoms with Crippen molar-refractivity contribution < 1.29 is 19.2 Å². The Bertz CT molecular complexity index is 601. The Hall–Kier alpha value is -2.31. The van der Waals surface area contributed by atoms with E-state index in [4.69, 9.17) is 9.47 Å².